The Morgan fingerprint density at radius 3 is 2.70 bits per heavy atom. The molecule has 0 radical (unpaired) electrons. The van der Waals surface area contributed by atoms with Crippen molar-refractivity contribution in [3.8, 4) is 0 Å². The highest BCUT2D eigenvalue weighted by atomic mass is 32.2. The second-order valence-corrected chi connectivity index (χ2v) is 9.49. The third-order valence-electron chi connectivity index (χ3n) is 5.79. The highest BCUT2D eigenvalue weighted by Gasteiger charge is 2.60. The fraction of sp³-hybridized carbons (Fsp3) is 0.688. The first-order valence-corrected chi connectivity index (χ1v) is 9.84. The molecule has 4 rings (SSSR count). The van der Waals surface area contributed by atoms with Crippen LogP contribution in [0.15, 0.2) is 18.3 Å². The predicted octanol–water partition coefficient (Wildman–Crippen LogP) is 1.22. The van der Waals surface area contributed by atoms with E-state index in [1.165, 1.54) is 4.31 Å². The summed E-state index contributed by atoms with van der Waals surface area (Å²) in [4.78, 5) is 6.78. The number of aromatic nitrogens is 1. The second kappa shape index (κ2) is 4.83. The SMILES string of the molecule is CC1(C)[C@@H](O)[C@H]2CCN(c3ccc(N4CCCS4(=O)=O)cn3)[C@H]21. The largest absolute Gasteiger partial charge is 0.392 e. The maximum Gasteiger partial charge on any atom is 0.235 e. The minimum atomic E-state index is -3.16. The molecule has 0 bridgehead atoms. The van der Waals surface area contributed by atoms with Gasteiger partial charge >= 0.3 is 0 Å². The summed E-state index contributed by atoms with van der Waals surface area (Å²) in [5, 5.41) is 10.2. The van der Waals surface area contributed by atoms with Crippen LogP contribution in [0.2, 0.25) is 0 Å². The van der Waals surface area contributed by atoms with Gasteiger partial charge in [0.05, 0.1) is 23.7 Å². The quantitative estimate of drug-likeness (QED) is 0.878. The first-order chi connectivity index (χ1) is 10.8. The van der Waals surface area contributed by atoms with E-state index < -0.39 is 10.0 Å². The van der Waals surface area contributed by atoms with Gasteiger partial charge in [-0.2, -0.15) is 0 Å². The van der Waals surface area contributed by atoms with Gasteiger partial charge in [-0.1, -0.05) is 13.8 Å². The van der Waals surface area contributed by atoms with Crippen molar-refractivity contribution in [1.82, 2.24) is 4.98 Å². The number of fused-ring (bicyclic) bond motifs is 1. The molecule has 3 fully saturated rings. The molecule has 0 aromatic carbocycles. The van der Waals surface area contributed by atoms with Crippen LogP contribution in [0.3, 0.4) is 0 Å². The van der Waals surface area contributed by atoms with E-state index in [9.17, 15) is 13.5 Å². The van der Waals surface area contributed by atoms with Crippen LogP contribution in [0.25, 0.3) is 0 Å². The van der Waals surface area contributed by atoms with E-state index in [-0.39, 0.29) is 17.3 Å². The number of pyridine rings is 1. The maximum absolute atomic E-state index is 12.0. The van der Waals surface area contributed by atoms with Gasteiger partial charge in [0, 0.05) is 30.5 Å². The average molecular weight is 337 g/mol. The van der Waals surface area contributed by atoms with Crippen molar-refractivity contribution in [2.24, 2.45) is 11.3 Å². The molecule has 1 aliphatic carbocycles. The van der Waals surface area contributed by atoms with Crippen molar-refractivity contribution in [2.75, 3.05) is 28.0 Å². The van der Waals surface area contributed by atoms with Gasteiger partial charge in [-0.15, -0.1) is 0 Å². The molecule has 23 heavy (non-hydrogen) atoms. The fourth-order valence-electron chi connectivity index (χ4n) is 4.59. The topological polar surface area (TPSA) is 73.7 Å². The molecule has 0 amide bonds. The molecule has 6 nitrogen and oxygen atoms in total. The van der Waals surface area contributed by atoms with Crippen molar-refractivity contribution in [3.05, 3.63) is 18.3 Å². The minimum Gasteiger partial charge on any atom is -0.392 e. The number of rotatable bonds is 2. The third kappa shape index (κ3) is 2.09. The molecule has 1 saturated carbocycles. The molecule has 0 unspecified atom stereocenters. The highest BCUT2D eigenvalue weighted by Crippen LogP contribution is 2.54. The Morgan fingerprint density at radius 1 is 1.30 bits per heavy atom. The van der Waals surface area contributed by atoms with E-state index in [0.717, 1.165) is 18.8 Å². The van der Waals surface area contributed by atoms with E-state index in [4.69, 9.17) is 0 Å². The molecule has 2 aliphatic heterocycles. The van der Waals surface area contributed by atoms with Crippen molar-refractivity contribution < 1.29 is 13.5 Å². The lowest BCUT2D eigenvalue weighted by Gasteiger charge is -2.55. The molecule has 1 N–H and O–H groups in total. The van der Waals surface area contributed by atoms with Crippen LogP contribution in [0.1, 0.15) is 26.7 Å². The van der Waals surface area contributed by atoms with Crippen LogP contribution in [0.5, 0.6) is 0 Å². The predicted molar refractivity (Wildman–Crippen MR) is 89.0 cm³/mol. The molecule has 0 spiro atoms. The lowest BCUT2D eigenvalue weighted by molar-refractivity contribution is -0.106. The monoisotopic (exact) mass is 337 g/mol. The maximum atomic E-state index is 12.0. The van der Waals surface area contributed by atoms with E-state index in [1.807, 2.05) is 12.1 Å². The van der Waals surface area contributed by atoms with Crippen molar-refractivity contribution >= 4 is 21.5 Å². The lowest BCUT2D eigenvalue weighted by Crippen LogP contribution is -2.64. The zero-order valence-corrected chi connectivity index (χ0v) is 14.3. The summed E-state index contributed by atoms with van der Waals surface area (Å²) >= 11 is 0. The summed E-state index contributed by atoms with van der Waals surface area (Å²) in [5.74, 6) is 1.42. The summed E-state index contributed by atoms with van der Waals surface area (Å²) in [5.41, 5.74) is 0.523. The van der Waals surface area contributed by atoms with Crippen LogP contribution in [0.4, 0.5) is 11.5 Å². The third-order valence-corrected chi connectivity index (χ3v) is 7.66. The smallest absolute Gasteiger partial charge is 0.235 e. The van der Waals surface area contributed by atoms with Crippen LogP contribution >= 0.6 is 0 Å². The highest BCUT2D eigenvalue weighted by molar-refractivity contribution is 7.93. The van der Waals surface area contributed by atoms with E-state index >= 15 is 0 Å². The van der Waals surface area contributed by atoms with Gasteiger partial charge in [0.2, 0.25) is 10.0 Å². The number of hydrogen-bond donors (Lipinski definition) is 1. The zero-order valence-electron chi connectivity index (χ0n) is 13.5. The van der Waals surface area contributed by atoms with E-state index in [2.05, 4.69) is 23.7 Å². The van der Waals surface area contributed by atoms with Crippen molar-refractivity contribution in [1.29, 1.82) is 0 Å². The summed E-state index contributed by atoms with van der Waals surface area (Å²) in [6.45, 7) is 5.63. The molecule has 2 saturated heterocycles. The normalized spacial score (nSPS) is 34.3. The first-order valence-electron chi connectivity index (χ1n) is 8.23. The van der Waals surface area contributed by atoms with Gasteiger partial charge < -0.3 is 10.0 Å². The van der Waals surface area contributed by atoms with Crippen LogP contribution in [-0.4, -0.2) is 49.5 Å². The van der Waals surface area contributed by atoms with Gasteiger partial charge in [0.25, 0.3) is 0 Å². The van der Waals surface area contributed by atoms with Crippen LogP contribution < -0.4 is 9.21 Å². The first kappa shape index (κ1) is 15.2. The number of sulfonamides is 1. The summed E-state index contributed by atoms with van der Waals surface area (Å²) in [7, 11) is -3.16. The van der Waals surface area contributed by atoms with Gasteiger partial charge in [-0.05, 0) is 25.0 Å². The molecular weight excluding hydrogens is 314 g/mol. The van der Waals surface area contributed by atoms with Gasteiger partial charge in [0.1, 0.15) is 5.82 Å². The average Bonchev–Trinajstić information content (AvgIpc) is 3.09. The minimum absolute atomic E-state index is 0.125. The summed E-state index contributed by atoms with van der Waals surface area (Å²) in [6.07, 6.45) is 3.07. The number of nitrogens with zero attached hydrogens (tertiary/aromatic N) is 3. The molecule has 7 heteroatoms. The van der Waals surface area contributed by atoms with Crippen LogP contribution in [0, 0.1) is 11.3 Å². The summed E-state index contributed by atoms with van der Waals surface area (Å²) in [6, 6.07) is 4.07. The van der Waals surface area contributed by atoms with Crippen LogP contribution in [-0.2, 0) is 10.0 Å². The standard InChI is InChI=1S/C16H23N3O3S/c1-16(2)14-12(15(16)20)6-8-18(14)13-5-4-11(10-17-13)19-7-3-9-23(19,21)22/h4-5,10,12,14-15,20H,3,6-9H2,1-2H3/t12-,14+,15-/m0/s1. The number of aliphatic hydroxyl groups excluding tert-OH is 1. The molecular formula is C16H23N3O3S. The zero-order chi connectivity index (χ0) is 16.4. The molecule has 1 aromatic heterocycles. The van der Waals surface area contributed by atoms with E-state index in [1.54, 1.807) is 6.20 Å². The Hall–Kier alpha value is -1.34. The second-order valence-electron chi connectivity index (χ2n) is 7.47. The van der Waals surface area contributed by atoms with Gasteiger partial charge in [-0.25, -0.2) is 13.4 Å². The Kier molecular flexibility index (Phi) is 3.19. The molecule has 3 aliphatic rings. The van der Waals surface area contributed by atoms with Crippen molar-refractivity contribution in [2.45, 2.75) is 38.8 Å². The lowest BCUT2D eigenvalue weighted by atomic mass is 9.58. The Labute approximate surface area is 137 Å². The molecule has 1 aromatic rings. The van der Waals surface area contributed by atoms with Crippen molar-refractivity contribution in [3.63, 3.8) is 0 Å². The molecule has 3 atom stereocenters. The Bertz CT molecular complexity index is 717. The van der Waals surface area contributed by atoms with Gasteiger partial charge in [0.15, 0.2) is 0 Å². The number of anilines is 2. The number of hydrogen-bond acceptors (Lipinski definition) is 5. The summed E-state index contributed by atoms with van der Waals surface area (Å²) < 4.78 is 25.4. The van der Waals surface area contributed by atoms with Gasteiger partial charge in [-0.3, -0.25) is 4.31 Å². The Morgan fingerprint density at radius 2 is 2.09 bits per heavy atom. The molecule has 126 valence electrons. The molecule has 3 heterocycles. The fourth-order valence-corrected chi connectivity index (χ4v) is 6.14. The number of aliphatic hydroxyl groups is 1. The Balaban J connectivity index is 1.58. The van der Waals surface area contributed by atoms with E-state index in [0.29, 0.717) is 30.6 Å².